The standard InChI is InChI=1S/C9H8N2O2/c1-2-6-9(12)11-8-7(13-6)4-3-5-10-8/h2-5H,1H3,(H,10,11,12). The first-order valence-electron chi connectivity index (χ1n) is 3.92. The van der Waals surface area contributed by atoms with Gasteiger partial charge in [0, 0.05) is 6.20 Å². The number of aromatic nitrogens is 1. The summed E-state index contributed by atoms with van der Waals surface area (Å²) in [6.07, 6.45) is 3.22. The van der Waals surface area contributed by atoms with Crippen molar-refractivity contribution in [2.45, 2.75) is 6.92 Å². The topological polar surface area (TPSA) is 51.2 Å². The Labute approximate surface area is 75.2 Å². The van der Waals surface area contributed by atoms with Crippen LogP contribution in [0.1, 0.15) is 6.92 Å². The Morgan fingerprint density at radius 3 is 3.23 bits per heavy atom. The van der Waals surface area contributed by atoms with Gasteiger partial charge in [-0.3, -0.25) is 4.79 Å². The van der Waals surface area contributed by atoms with E-state index in [2.05, 4.69) is 10.3 Å². The summed E-state index contributed by atoms with van der Waals surface area (Å²) < 4.78 is 5.28. The molecule has 1 N–H and O–H groups in total. The Kier molecular flexibility index (Phi) is 1.73. The zero-order valence-corrected chi connectivity index (χ0v) is 7.07. The Bertz CT molecular complexity index is 385. The first-order valence-corrected chi connectivity index (χ1v) is 3.92. The summed E-state index contributed by atoms with van der Waals surface area (Å²) in [5, 5.41) is 2.62. The number of fused-ring (bicyclic) bond motifs is 1. The third kappa shape index (κ3) is 1.26. The first kappa shape index (κ1) is 7.79. The average Bonchev–Trinajstić information content (AvgIpc) is 2.17. The molecule has 1 aromatic rings. The van der Waals surface area contributed by atoms with Gasteiger partial charge in [0.25, 0.3) is 5.91 Å². The number of allylic oxidation sites excluding steroid dienone is 1. The van der Waals surface area contributed by atoms with E-state index in [4.69, 9.17) is 4.74 Å². The number of nitrogens with zero attached hydrogens (tertiary/aromatic N) is 1. The van der Waals surface area contributed by atoms with Crippen molar-refractivity contribution in [3.8, 4) is 5.75 Å². The maximum absolute atomic E-state index is 11.2. The molecule has 0 spiro atoms. The van der Waals surface area contributed by atoms with E-state index < -0.39 is 0 Å². The fraction of sp³-hybridized carbons (Fsp3) is 0.111. The molecule has 1 aliphatic rings. The van der Waals surface area contributed by atoms with Crippen LogP contribution in [0.5, 0.6) is 5.75 Å². The van der Waals surface area contributed by atoms with Gasteiger partial charge in [0.15, 0.2) is 17.3 Å². The van der Waals surface area contributed by atoms with E-state index in [0.29, 0.717) is 17.3 Å². The molecule has 13 heavy (non-hydrogen) atoms. The number of nitrogens with one attached hydrogen (secondary N) is 1. The van der Waals surface area contributed by atoms with Crippen LogP contribution in [0.25, 0.3) is 0 Å². The summed E-state index contributed by atoms with van der Waals surface area (Å²) in [4.78, 5) is 15.2. The van der Waals surface area contributed by atoms with Crippen LogP contribution in [0, 0.1) is 0 Å². The summed E-state index contributed by atoms with van der Waals surface area (Å²) in [5.41, 5.74) is 0. The van der Waals surface area contributed by atoms with Crippen molar-refractivity contribution in [2.24, 2.45) is 0 Å². The van der Waals surface area contributed by atoms with Crippen LogP contribution in [-0.2, 0) is 4.79 Å². The quantitative estimate of drug-likeness (QED) is 0.606. The summed E-state index contributed by atoms with van der Waals surface area (Å²) in [6, 6.07) is 3.51. The van der Waals surface area contributed by atoms with E-state index in [1.807, 2.05) is 0 Å². The molecule has 0 fully saturated rings. The third-order valence-corrected chi connectivity index (χ3v) is 1.71. The van der Waals surface area contributed by atoms with E-state index >= 15 is 0 Å². The highest BCUT2D eigenvalue weighted by molar-refractivity contribution is 6.04. The number of pyridine rings is 1. The molecule has 0 saturated heterocycles. The zero-order valence-electron chi connectivity index (χ0n) is 7.07. The minimum absolute atomic E-state index is 0.256. The molecule has 1 amide bonds. The van der Waals surface area contributed by atoms with Crippen LogP contribution >= 0.6 is 0 Å². The first-order chi connectivity index (χ1) is 6.31. The van der Waals surface area contributed by atoms with E-state index in [0.717, 1.165) is 0 Å². The zero-order chi connectivity index (χ0) is 9.26. The van der Waals surface area contributed by atoms with E-state index in [1.54, 1.807) is 31.3 Å². The van der Waals surface area contributed by atoms with Gasteiger partial charge in [0.1, 0.15) is 0 Å². The molecule has 0 radical (unpaired) electrons. The summed E-state index contributed by atoms with van der Waals surface area (Å²) >= 11 is 0. The van der Waals surface area contributed by atoms with Crippen LogP contribution in [-0.4, -0.2) is 10.9 Å². The molecule has 0 atom stereocenters. The molecule has 0 unspecified atom stereocenters. The molecule has 2 heterocycles. The Balaban J connectivity index is 2.44. The Hall–Kier alpha value is -1.84. The number of amides is 1. The lowest BCUT2D eigenvalue weighted by molar-refractivity contribution is -0.115. The van der Waals surface area contributed by atoms with Crippen molar-refractivity contribution in [2.75, 3.05) is 5.32 Å². The molecule has 4 nitrogen and oxygen atoms in total. The van der Waals surface area contributed by atoms with Crippen LogP contribution in [0.15, 0.2) is 30.2 Å². The van der Waals surface area contributed by atoms with Crippen LogP contribution in [0.3, 0.4) is 0 Å². The molecule has 1 aromatic heterocycles. The highest BCUT2D eigenvalue weighted by Crippen LogP contribution is 2.27. The molecule has 66 valence electrons. The predicted molar refractivity (Wildman–Crippen MR) is 47.3 cm³/mol. The maximum Gasteiger partial charge on any atom is 0.292 e. The molecule has 0 aromatic carbocycles. The van der Waals surface area contributed by atoms with Gasteiger partial charge in [0.2, 0.25) is 0 Å². The highest BCUT2D eigenvalue weighted by atomic mass is 16.5. The predicted octanol–water partition coefficient (Wildman–Crippen LogP) is 1.32. The van der Waals surface area contributed by atoms with Gasteiger partial charge in [-0.2, -0.15) is 0 Å². The van der Waals surface area contributed by atoms with Crippen LogP contribution in [0.2, 0.25) is 0 Å². The van der Waals surface area contributed by atoms with Crippen LogP contribution in [0.4, 0.5) is 5.82 Å². The molecule has 0 aliphatic carbocycles. The second kappa shape index (κ2) is 2.90. The summed E-state index contributed by atoms with van der Waals surface area (Å²) in [6.45, 7) is 1.75. The van der Waals surface area contributed by atoms with Gasteiger partial charge in [-0.05, 0) is 25.1 Å². The third-order valence-electron chi connectivity index (χ3n) is 1.71. The molecule has 0 saturated carbocycles. The van der Waals surface area contributed by atoms with E-state index in [-0.39, 0.29) is 5.91 Å². The molecular formula is C9H8N2O2. The summed E-state index contributed by atoms with van der Waals surface area (Å²) in [7, 11) is 0. The van der Waals surface area contributed by atoms with Gasteiger partial charge in [-0.25, -0.2) is 4.98 Å². The minimum Gasteiger partial charge on any atom is -0.448 e. The Morgan fingerprint density at radius 1 is 1.62 bits per heavy atom. The fourth-order valence-electron chi connectivity index (χ4n) is 1.09. The second-order valence-electron chi connectivity index (χ2n) is 2.56. The number of ether oxygens (including phenoxy) is 1. The molecule has 1 aliphatic heterocycles. The number of anilines is 1. The van der Waals surface area contributed by atoms with Gasteiger partial charge >= 0.3 is 0 Å². The lowest BCUT2D eigenvalue weighted by Gasteiger charge is -2.17. The van der Waals surface area contributed by atoms with Crippen molar-refractivity contribution >= 4 is 11.7 Å². The van der Waals surface area contributed by atoms with E-state index in [1.165, 1.54) is 0 Å². The lowest BCUT2D eigenvalue weighted by atomic mass is 10.3. The number of hydrogen-bond donors (Lipinski definition) is 1. The lowest BCUT2D eigenvalue weighted by Crippen LogP contribution is -2.24. The van der Waals surface area contributed by atoms with Crippen molar-refractivity contribution in [1.29, 1.82) is 0 Å². The molecule has 2 rings (SSSR count). The average molecular weight is 176 g/mol. The maximum atomic E-state index is 11.2. The normalized spacial score (nSPS) is 17.6. The van der Waals surface area contributed by atoms with Gasteiger partial charge in [-0.15, -0.1) is 0 Å². The number of carbonyl (C=O) groups excluding carboxylic acids is 1. The van der Waals surface area contributed by atoms with Crippen molar-refractivity contribution in [3.05, 3.63) is 30.2 Å². The van der Waals surface area contributed by atoms with E-state index in [9.17, 15) is 4.79 Å². The molecule has 4 heteroatoms. The van der Waals surface area contributed by atoms with Gasteiger partial charge in [0.05, 0.1) is 0 Å². The van der Waals surface area contributed by atoms with Gasteiger partial charge < -0.3 is 10.1 Å². The monoisotopic (exact) mass is 176 g/mol. The van der Waals surface area contributed by atoms with Crippen molar-refractivity contribution in [3.63, 3.8) is 0 Å². The number of carbonyl (C=O) groups is 1. The SMILES string of the molecule is CC=C1Oc2cccnc2NC1=O. The number of hydrogen-bond acceptors (Lipinski definition) is 3. The molecule has 0 bridgehead atoms. The van der Waals surface area contributed by atoms with Crippen molar-refractivity contribution < 1.29 is 9.53 Å². The Morgan fingerprint density at radius 2 is 2.46 bits per heavy atom. The molecular weight excluding hydrogens is 168 g/mol. The minimum atomic E-state index is -0.256. The van der Waals surface area contributed by atoms with Crippen LogP contribution < -0.4 is 10.1 Å². The largest absolute Gasteiger partial charge is 0.448 e. The second-order valence-corrected chi connectivity index (χ2v) is 2.56. The summed E-state index contributed by atoms with van der Waals surface area (Å²) in [5.74, 6) is 1.10. The number of rotatable bonds is 0. The fourth-order valence-corrected chi connectivity index (χ4v) is 1.09. The highest BCUT2D eigenvalue weighted by Gasteiger charge is 2.21. The van der Waals surface area contributed by atoms with Gasteiger partial charge in [-0.1, -0.05) is 0 Å². The smallest absolute Gasteiger partial charge is 0.292 e. The van der Waals surface area contributed by atoms with Crippen molar-refractivity contribution in [1.82, 2.24) is 4.98 Å².